The Morgan fingerprint density at radius 2 is 1.78 bits per heavy atom. The van der Waals surface area contributed by atoms with Gasteiger partial charge >= 0.3 is 0 Å². The molecule has 0 unspecified atom stereocenters. The standard InChI is InChI=1S/C15H26N2S/c1-4-18-15-7-5-14(6-8-15)9-10-16-11-12-17-13(2)3/h5-8,13,16-17H,4,9-12H2,1-3H3. The third-order valence-electron chi connectivity index (χ3n) is 2.68. The highest BCUT2D eigenvalue weighted by Gasteiger charge is 1.95. The fourth-order valence-corrected chi connectivity index (χ4v) is 2.39. The molecule has 1 aromatic rings. The van der Waals surface area contributed by atoms with E-state index < -0.39 is 0 Å². The first-order chi connectivity index (χ1) is 8.72. The van der Waals surface area contributed by atoms with E-state index in [-0.39, 0.29) is 0 Å². The highest BCUT2D eigenvalue weighted by Crippen LogP contribution is 2.17. The predicted molar refractivity (Wildman–Crippen MR) is 82.6 cm³/mol. The summed E-state index contributed by atoms with van der Waals surface area (Å²) in [6.07, 6.45) is 1.11. The zero-order chi connectivity index (χ0) is 13.2. The number of hydrogen-bond acceptors (Lipinski definition) is 3. The van der Waals surface area contributed by atoms with Gasteiger partial charge in [0.15, 0.2) is 0 Å². The van der Waals surface area contributed by atoms with Crippen molar-refractivity contribution in [2.45, 2.75) is 38.1 Å². The second-order valence-electron chi connectivity index (χ2n) is 4.69. The minimum absolute atomic E-state index is 0.579. The van der Waals surface area contributed by atoms with E-state index in [4.69, 9.17) is 0 Å². The van der Waals surface area contributed by atoms with Crippen molar-refractivity contribution in [1.29, 1.82) is 0 Å². The molecule has 2 nitrogen and oxygen atoms in total. The maximum atomic E-state index is 3.46. The fourth-order valence-electron chi connectivity index (χ4n) is 1.73. The minimum Gasteiger partial charge on any atom is -0.315 e. The van der Waals surface area contributed by atoms with E-state index >= 15 is 0 Å². The molecule has 0 heterocycles. The zero-order valence-corrected chi connectivity index (χ0v) is 12.6. The van der Waals surface area contributed by atoms with Crippen molar-refractivity contribution in [3.63, 3.8) is 0 Å². The van der Waals surface area contributed by atoms with Gasteiger partial charge in [0.1, 0.15) is 0 Å². The van der Waals surface area contributed by atoms with Gasteiger partial charge in [0.2, 0.25) is 0 Å². The molecule has 0 aliphatic rings. The maximum absolute atomic E-state index is 3.46. The molecule has 0 aliphatic heterocycles. The van der Waals surface area contributed by atoms with Crippen LogP contribution in [0.25, 0.3) is 0 Å². The van der Waals surface area contributed by atoms with Gasteiger partial charge in [-0.1, -0.05) is 32.9 Å². The van der Waals surface area contributed by atoms with Gasteiger partial charge < -0.3 is 10.6 Å². The van der Waals surface area contributed by atoms with Crippen LogP contribution in [0.15, 0.2) is 29.2 Å². The molecule has 2 N–H and O–H groups in total. The number of rotatable bonds is 9. The van der Waals surface area contributed by atoms with Gasteiger partial charge in [-0.05, 0) is 36.4 Å². The molecule has 0 saturated carbocycles. The average Bonchev–Trinajstić information content (AvgIpc) is 2.35. The quantitative estimate of drug-likeness (QED) is 0.531. The first kappa shape index (κ1) is 15.5. The average molecular weight is 266 g/mol. The van der Waals surface area contributed by atoms with Crippen LogP contribution in [-0.2, 0) is 6.42 Å². The van der Waals surface area contributed by atoms with Crippen LogP contribution in [-0.4, -0.2) is 31.4 Å². The van der Waals surface area contributed by atoms with Crippen LogP contribution < -0.4 is 10.6 Å². The summed E-state index contributed by atoms with van der Waals surface area (Å²) < 4.78 is 0. The van der Waals surface area contributed by atoms with Crippen molar-refractivity contribution in [2.24, 2.45) is 0 Å². The van der Waals surface area contributed by atoms with E-state index in [0.29, 0.717) is 6.04 Å². The Labute approximate surface area is 116 Å². The van der Waals surface area contributed by atoms with Crippen LogP contribution in [0.2, 0.25) is 0 Å². The Kier molecular flexibility index (Phi) is 8.14. The molecule has 0 radical (unpaired) electrons. The van der Waals surface area contributed by atoms with E-state index in [1.54, 1.807) is 0 Å². The van der Waals surface area contributed by atoms with Crippen molar-refractivity contribution in [1.82, 2.24) is 10.6 Å². The molecular formula is C15H26N2S. The van der Waals surface area contributed by atoms with E-state index in [9.17, 15) is 0 Å². The molecule has 0 spiro atoms. The fraction of sp³-hybridized carbons (Fsp3) is 0.600. The lowest BCUT2D eigenvalue weighted by molar-refractivity contribution is 0.556. The summed E-state index contributed by atoms with van der Waals surface area (Å²) in [5.41, 5.74) is 1.42. The van der Waals surface area contributed by atoms with E-state index in [1.807, 2.05) is 11.8 Å². The summed E-state index contributed by atoms with van der Waals surface area (Å²) in [6.45, 7) is 9.69. The summed E-state index contributed by atoms with van der Waals surface area (Å²) in [7, 11) is 0. The third-order valence-corrected chi connectivity index (χ3v) is 3.57. The highest BCUT2D eigenvalue weighted by atomic mass is 32.2. The van der Waals surface area contributed by atoms with Crippen molar-refractivity contribution in [2.75, 3.05) is 25.4 Å². The van der Waals surface area contributed by atoms with Gasteiger partial charge in [-0.15, -0.1) is 11.8 Å². The van der Waals surface area contributed by atoms with Gasteiger partial charge in [0.25, 0.3) is 0 Å². The molecule has 0 aromatic heterocycles. The molecule has 18 heavy (non-hydrogen) atoms. The Hall–Kier alpha value is -0.510. The summed E-state index contributed by atoms with van der Waals surface area (Å²) in [5.74, 6) is 1.14. The predicted octanol–water partition coefficient (Wildman–Crippen LogP) is 2.93. The molecule has 0 atom stereocenters. The summed E-state index contributed by atoms with van der Waals surface area (Å²) in [5, 5.41) is 6.86. The van der Waals surface area contributed by atoms with Crippen LogP contribution in [0.5, 0.6) is 0 Å². The number of nitrogens with one attached hydrogen (secondary N) is 2. The topological polar surface area (TPSA) is 24.1 Å². The molecule has 0 aliphatic carbocycles. The zero-order valence-electron chi connectivity index (χ0n) is 11.8. The molecule has 1 rings (SSSR count). The lowest BCUT2D eigenvalue weighted by Gasteiger charge is -2.09. The number of benzene rings is 1. The van der Waals surface area contributed by atoms with E-state index in [2.05, 4.69) is 55.7 Å². The van der Waals surface area contributed by atoms with Gasteiger partial charge in [-0.25, -0.2) is 0 Å². The van der Waals surface area contributed by atoms with Gasteiger partial charge in [0, 0.05) is 24.0 Å². The van der Waals surface area contributed by atoms with E-state index in [0.717, 1.165) is 31.8 Å². The highest BCUT2D eigenvalue weighted by molar-refractivity contribution is 7.99. The lowest BCUT2D eigenvalue weighted by Crippen LogP contribution is -2.32. The molecule has 1 aromatic carbocycles. The second-order valence-corrected chi connectivity index (χ2v) is 6.02. The largest absolute Gasteiger partial charge is 0.315 e. The van der Waals surface area contributed by atoms with E-state index in [1.165, 1.54) is 10.5 Å². The van der Waals surface area contributed by atoms with Crippen LogP contribution in [0.3, 0.4) is 0 Å². The maximum Gasteiger partial charge on any atom is 0.00790 e. The third kappa shape index (κ3) is 7.04. The van der Waals surface area contributed by atoms with Crippen LogP contribution in [0.4, 0.5) is 0 Å². The van der Waals surface area contributed by atoms with Crippen molar-refractivity contribution < 1.29 is 0 Å². The van der Waals surface area contributed by atoms with Crippen LogP contribution in [0, 0.1) is 0 Å². The molecule has 0 fully saturated rings. The Balaban J connectivity index is 2.11. The SMILES string of the molecule is CCSc1ccc(CCNCCNC(C)C)cc1. The van der Waals surface area contributed by atoms with Crippen LogP contribution in [0.1, 0.15) is 26.3 Å². The summed E-state index contributed by atoms with van der Waals surface area (Å²) >= 11 is 1.90. The number of thioether (sulfide) groups is 1. The van der Waals surface area contributed by atoms with Crippen molar-refractivity contribution >= 4 is 11.8 Å². The van der Waals surface area contributed by atoms with Crippen LogP contribution >= 0.6 is 11.8 Å². The van der Waals surface area contributed by atoms with Crippen molar-refractivity contribution in [3.8, 4) is 0 Å². The minimum atomic E-state index is 0.579. The first-order valence-corrected chi connectivity index (χ1v) is 7.86. The number of hydrogen-bond donors (Lipinski definition) is 2. The normalized spacial score (nSPS) is 11.1. The first-order valence-electron chi connectivity index (χ1n) is 6.88. The summed E-state index contributed by atoms with van der Waals surface area (Å²) in [4.78, 5) is 1.37. The smallest absolute Gasteiger partial charge is 0.00790 e. The lowest BCUT2D eigenvalue weighted by atomic mass is 10.1. The van der Waals surface area contributed by atoms with Gasteiger partial charge in [-0.2, -0.15) is 0 Å². The van der Waals surface area contributed by atoms with Gasteiger partial charge in [0.05, 0.1) is 0 Å². The Bertz CT molecular complexity index is 309. The molecule has 0 amide bonds. The Morgan fingerprint density at radius 1 is 1.06 bits per heavy atom. The molecule has 102 valence electrons. The molecule has 0 saturated heterocycles. The molecule has 3 heteroatoms. The summed E-state index contributed by atoms with van der Waals surface area (Å²) in [6, 6.07) is 9.52. The second kappa shape index (κ2) is 9.42. The molecular weight excluding hydrogens is 240 g/mol. The Morgan fingerprint density at radius 3 is 2.39 bits per heavy atom. The molecule has 0 bridgehead atoms. The van der Waals surface area contributed by atoms with Gasteiger partial charge in [-0.3, -0.25) is 0 Å². The van der Waals surface area contributed by atoms with Crippen molar-refractivity contribution in [3.05, 3.63) is 29.8 Å². The monoisotopic (exact) mass is 266 g/mol.